The standard InChI is InChI=1S/C13H21N3O3S/c1-10(15-7-8-20(18,19)14-3)12-5-4-6-13(9-12)16-11(2)17/h4-6,9-10,14-15H,7-8H2,1-3H3,(H,16,17). The molecular formula is C13H21N3O3S. The SMILES string of the molecule is CNS(=O)(=O)CCNC(C)c1cccc(NC(C)=O)c1. The molecule has 1 amide bonds. The second kappa shape index (κ2) is 7.37. The number of nitrogens with one attached hydrogen (secondary N) is 3. The van der Waals surface area contributed by atoms with Crippen molar-refractivity contribution in [1.82, 2.24) is 10.0 Å². The smallest absolute Gasteiger partial charge is 0.221 e. The van der Waals surface area contributed by atoms with Crippen molar-refractivity contribution in [3.63, 3.8) is 0 Å². The fourth-order valence-corrected chi connectivity index (χ4v) is 2.31. The van der Waals surface area contributed by atoms with Gasteiger partial charge in [-0.2, -0.15) is 0 Å². The molecule has 0 fully saturated rings. The lowest BCUT2D eigenvalue weighted by Crippen LogP contribution is -2.30. The summed E-state index contributed by atoms with van der Waals surface area (Å²) in [6.45, 7) is 3.75. The normalized spacial score (nSPS) is 12.9. The first-order valence-electron chi connectivity index (χ1n) is 6.36. The number of carbonyl (C=O) groups excluding carboxylic acids is 1. The largest absolute Gasteiger partial charge is 0.326 e. The number of hydrogen-bond acceptors (Lipinski definition) is 4. The lowest BCUT2D eigenvalue weighted by atomic mass is 10.1. The summed E-state index contributed by atoms with van der Waals surface area (Å²) in [5.74, 6) is -0.0953. The molecule has 1 aromatic rings. The lowest BCUT2D eigenvalue weighted by molar-refractivity contribution is -0.114. The summed E-state index contributed by atoms with van der Waals surface area (Å²) >= 11 is 0. The van der Waals surface area contributed by atoms with Crippen LogP contribution < -0.4 is 15.4 Å². The minimum atomic E-state index is -3.19. The number of hydrogen-bond donors (Lipinski definition) is 3. The van der Waals surface area contributed by atoms with Gasteiger partial charge in [-0.25, -0.2) is 13.1 Å². The topological polar surface area (TPSA) is 87.3 Å². The summed E-state index contributed by atoms with van der Waals surface area (Å²) in [5, 5.41) is 5.85. The zero-order valence-corrected chi connectivity index (χ0v) is 12.8. The second-order valence-corrected chi connectivity index (χ2v) is 6.55. The molecule has 0 heterocycles. The number of amides is 1. The molecule has 0 spiro atoms. The van der Waals surface area contributed by atoms with Gasteiger partial charge in [0.1, 0.15) is 0 Å². The first-order chi connectivity index (χ1) is 9.34. The van der Waals surface area contributed by atoms with Gasteiger partial charge in [-0.15, -0.1) is 0 Å². The van der Waals surface area contributed by atoms with Gasteiger partial charge in [0.2, 0.25) is 15.9 Å². The van der Waals surface area contributed by atoms with E-state index in [1.54, 1.807) is 0 Å². The molecule has 3 N–H and O–H groups in total. The molecule has 1 unspecified atom stereocenters. The van der Waals surface area contributed by atoms with Crippen molar-refractivity contribution >= 4 is 21.6 Å². The van der Waals surface area contributed by atoms with Crippen molar-refractivity contribution in [2.24, 2.45) is 0 Å². The van der Waals surface area contributed by atoms with Crippen LogP contribution in [-0.2, 0) is 14.8 Å². The van der Waals surface area contributed by atoms with Crippen LogP contribution in [0, 0.1) is 0 Å². The van der Waals surface area contributed by atoms with Crippen molar-refractivity contribution in [2.45, 2.75) is 19.9 Å². The van der Waals surface area contributed by atoms with E-state index in [1.165, 1.54) is 14.0 Å². The van der Waals surface area contributed by atoms with E-state index in [0.29, 0.717) is 6.54 Å². The molecule has 20 heavy (non-hydrogen) atoms. The maximum absolute atomic E-state index is 11.3. The molecular weight excluding hydrogens is 278 g/mol. The van der Waals surface area contributed by atoms with Gasteiger partial charge in [0.25, 0.3) is 0 Å². The molecule has 0 bridgehead atoms. The van der Waals surface area contributed by atoms with Crippen LogP contribution in [0.5, 0.6) is 0 Å². The number of sulfonamides is 1. The summed E-state index contributed by atoms with van der Waals surface area (Å²) in [6, 6.07) is 7.45. The maximum Gasteiger partial charge on any atom is 0.221 e. The highest BCUT2D eigenvalue weighted by Gasteiger charge is 2.09. The van der Waals surface area contributed by atoms with Gasteiger partial charge in [0.05, 0.1) is 5.75 Å². The lowest BCUT2D eigenvalue weighted by Gasteiger charge is -2.15. The number of rotatable bonds is 7. The van der Waals surface area contributed by atoms with Crippen LogP contribution in [0.2, 0.25) is 0 Å². The average Bonchev–Trinajstić information content (AvgIpc) is 2.38. The van der Waals surface area contributed by atoms with Gasteiger partial charge in [-0.1, -0.05) is 12.1 Å². The fourth-order valence-electron chi connectivity index (χ4n) is 1.72. The summed E-state index contributed by atoms with van der Waals surface area (Å²) in [4.78, 5) is 11.0. The molecule has 0 aliphatic carbocycles. The van der Waals surface area contributed by atoms with Gasteiger partial charge in [-0.05, 0) is 31.7 Å². The van der Waals surface area contributed by atoms with Crippen LogP contribution in [0.4, 0.5) is 5.69 Å². The zero-order chi connectivity index (χ0) is 15.2. The molecule has 1 aromatic carbocycles. The Kier molecular flexibility index (Phi) is 6.12. The molecule has 1 rings (SSSR count). The molecule has 0 aromatic heterocycles. The van der Waals surface area contributed by atoms with Crippen LogP contribution in [0.25, 0.3) is 0 Å². The number of anilines is 1. The Balaban J connectivity index is 2.59. The van der Waals surface area contributed by atoms with Gasteiger partial charge in [0.15, 0.2) is 0 Å². The Bertz CT molecular complexity index is 558. The van der Waals surface area contributed by atoms with E-state index in [4.69, 9.17) is 0 Å². The fraction of sp³-hybridized carbons (Fsp3) is 0.462. The summed E-state index contributed by atoms with van der Waals surface area (Å²) in [5.41, 5.74) is 1.71. The first kappa shape index (κ1) is 16.6. The van der Waals surface area contributed by atoms with Crippen LogP contribution in [0.15, 0.2) is 24.3 Å². The van der Waals surface area contributed by atoms with Crippen molar-refractivity contribution in [2.75, 3.05) is 24.7 Å². The molecule has 0 aliphatic rings. The van der Waals surface area contributed by atoms with Gasteiger partial charge in [0, 0.05) is 25.2 Å². The van der Waals surface area contributed by atoms with E-state index in [-0.39, 0.29) is 17.7 Å². The van der Waals surface area contributed by atoms with E-state index >= 15 is 0 Å². The molecule has 0 saturated heterocycles. The van der Waals surface area contributed by atoms with Crippen molar-refractivity contribution in [3.05, 3.63) is 29.8 Å². The van der Waals surface area contributed by atoms with Gasteiger partial charge < -0.3 is 10.6 Å². The van der Waals surface area contributed by atoms with E-state index < -0.39 is 10.0 Å². The Morgan fingerprint density at radius 2 is 2.05 bits per heavy atom. The summed E-state index contributed by atoms with van der Waals surface area (Å²) in [7, 11) is -1.79. The Morgan fingerprint density at radius 3 is 2.65 bits per heavy atom. The molecule has 0 radical (unpaired) electrons. The van der Waals surface area contributed by atoms with Crippen molar-refractivity contribution < 1.29 is 13.2 Å². The predicted octanol–water partition coefficient (Wildman–Crippen LogP) is 0.845. The highest BCUT2D eigenvalue weighted by atomic mass is 32.2. The molecule has 112 valence electrons. The minimum absolute atomic E-state index is 0.00392. The second-order valence-electron chi connectivity index (χ2n) is 4.51. The molecule has 6 nitrogen and oxygen atoms in total. The predicted molar refractivity (Wildman–Crippen MR) is 80.0 cm³/mol. The number of carbonyl (C=O) groups is 1. The Hall–Kier alpha value is -1.44. The van der Waals surface area contributed by atoms with E-state index in [0.717, 1.165) is 11.3 Å². The Labute approximate surface area is 120 Å². The first-order valence-corrected chi connectivity index (χ1v) is 8.01. The zero-order valence-electron chi connectivity index (χ0n) is 11.9. The van der Waals surface area contributed by atoms with Crippen molar-refractivity contribution in [3.8, 4) is 0 Å². The van der Waals surface area contributed by atoms with Crippen LogP contribution in [-0.4, -0.2) is 33.7 Å². The van der Waals surface area contributed by atoms with Crippen LogP contribution in [0.3, 0.4) is 0 Å². The third-order valence-electron chi connectivity index (χ3n) is 2.84. The quantitative estimate of drug-likeness (QED) is 0.696. The third kappa shape index (κ3) is 5.68. The maximum atomic E-state index is 11.3. The average molecular weight is 299 g/mol. The molecule has 7 heteroatoms. The van der Waals surface area contributed by atoms with E-state index in [9.17, 15) is 13.2 Å². The minimum Gasteiger partial charge on any atom is -0.326 e. The van der Waals surface area contributed by atoms with Gasteiger partial charge in [-0.3, -0.25) is 4.79 Å². The van der Waals surface area contributed by atoms with Crippen LogP contribution in [0.1, 0.15) is 25.5 Å². The third-order valence-corrected chi connectivity index (χ3v) is 4.20. The summed E-state index contributed by atoms with van der Waals surface area (Å²) < 4.78 is 24.9. The van der Waals surface area contributed by atoms with Gasteiger partial charge >= 0.3 is 0 Å². The Morgan fingerprint density at radius 1 is 1.35 bits per heavy atom. The monoisotopic (exact) mass is 299 g/mol. The van der Waals surface area contributed by atoms with Crippen molar-refractivity contribution in [1.29, 1.82) is 0 Å². The number of benzene rings is 1. The molecule has 1 atom stereocenters. The van der Waals surface area contributed by atoms with Crippen LogP contribution >= 0.6 is 0 Å². The van der Waals surface area contributed by atoms with E-state index in [2.05, 4.69) is 15.4 Å². The molecule has 0 aliphatic heterocycles. The highest BCUT2D eigenvalue weighted by Crippen LogP contribution is 2.17. The summed E-state index contributed by atoms with van der Waals surface area (Å²) in [6.07, 6.45) is 0. The highest BCUT2D eigenvalue weighted by molar-refractivity contribution is 7.89. The molecule has 0 saturated carbocycles. The van der Waals surface area contributed by atoms with E-state index in [1.807, 2.05) is 31.2 Å².